The number of carbonyl (C=O) groups excluding carboxylic acids is 1. The zero-order valence-corrected chi connectivity index (χ0v) is 13.8. The summed E-state index contributed by atoms with van der Waals surface area (Å²) in [5, 5.41) is 15.6. The van der Waals surface area contributed by atoms with Crippen molar-refractivity contribution in [3.05, 3.63) is 64.7 Å². The van der Waals surface area contributed by atoms with E-state index in [-0.39, 0.29) is 25.1 Å². The zero-order valence-electron chi connectivity index (χ0n) is 13.1. The molecule has 0 aliphatic heterocycles. The Morgan fingerprint density at radius 2 is 2.00 bits per heavy atom. The van der Waals surface area contributed by atoms with Crippen LogP contribution in [0, 0.1) is 0 Å². The van der Waals surface area contributed by atoms with Gasteiger partial charge in [-0.2, -0.15) is 0 Å². The molecule has 0 aliphatic carbocycles. The number of nitrogens with one attached hydrogen (secondary N) is 2. The molecular weight excluding hydrogens is 312 g/mol. The molecule has 0 saturated carbocycles. The van der Waals surface area contributed by atoms with Crippen LogP contribution >= 0.6 is 11.6 Å². The number of carbonyl (C=O) groups is 1. The molecule has 0 spiro atoms. The molecule has 1 unspecified atom stereocenters. The van der Waals surface area contributed by atoms with Crippen molar-refractivity contribution >= 4 is 23.2 Å². The maximum Gasteiger partial charge on any atom is 0.251 e. The number of rotatable bonds is 7. The summed E-state index contributed by atoms with van der Waals surface area (Å²) in [6.07, 6.45) is 0.890. The third-order valence-corrected chi connectivity index (χ3v) is 3.76. The summed E-state index contributed by atoms with van der Waals surface area (Å²) < 4.78 is 0. The number of benzene rings is 2. The highest BCUT2D eigenvalue weighted by Crippen LogP contribution is 2.25. The van der Waals surface area contributed by atoms with Gasteiger partial charge in [0.2, 0.25) is 0 Å². The van der Waals surface area contributed by atoms with E-state index in [1.165, 1.54) is 0 Å². The van der Waals surface area contributed by atoms with E-state index in [4.69, 9.17) is 16.7 Å². The number of amides is 1. The Balaban J connectivity index is 2.13. The van der Waals surface area contributed by atoms with E-state index in [2.05, 4.69) is 17.6 Å². The van der Waals surface area contributed by atoms with Gasteiger partial charge in [0.15, 0.2) is 0 Å². The molecule has 0 radical (unpaired) electrons. The monoisotopic (exact) mass is 332 g/mol. The number of aliphatic hydroxyl groups is 1. The van der Waals surface area contributed by atoms with E-state index in [0.717, 1.165) is 17.7 Å². The van der Waals surface area contributed by atoms with Gasteiger partial charge in [0.25, 0.3) is 5.91 Å². The maximum atomic E-state index is 12.0. The Bertz CT molecular complexity index is 661. The minimum atomic E-state index is -0.196. The van der Waals surface area contributed by atoms with E-state index in [9.17, 15) is 4.79 Å². The third kappa shape index (κ3) is 4.98. The first-order valence-corrected chi connectivity index (χ1v) is 8.03. The van der Waals surface area contributed by atoms with Crippen molar-refractivity contribution in [3.8, 4) is 0 Å². The van der Waals surface area contributed by atoms with Gasteiger partial charge >= 0.3 is 0 Å². The summed E-state index contributed by atoms with van der Waals surface area (Å²) in [4.78, 5) is 12.0. The summed E-state index contributed by atoms with van der Waals surface area (Å²) in [7, 11) is 0. The lowest BCUT2D eigenvalue weighted by atomic mass is 10.0. The average Bonchev–Trinajstić information content (AvgIpc) is 2.57. The van der Waals surface area contributed by atoms with E-state index in [0.29, 0.717) is 10.6 Å². The Hall–Kier alpha value is -2.04. The van der Waals surface area contributed by atoms with Crippen LogP contribution in [0.5, 0.6) is 0 Å². The van der Waals surface area contributed by atoms with Crippen molar-refractivity contribution in [2.75, 3.05) is 18.5 Å². The molecule has 2 aromatic rings. The minimum absolute atomic E-state index is 0.0731. The fourth-order valence-corrected chi connectivity index (χ4v) is 2.57. The van der Waals surface area contributed by atoms with Crippen molar-refractivity contribution in [2.24, 2.45) is 0 Å². The normalized spacial score (nSPS) is 11.8. The van der Waals surface area contributed by atoms with Crippen LogP contribution in [0.2, 0.25) is 5.02 Å². The second kappa shape index (κ2) is 8.56. The Morgan fingerprint density at radius 3 is 2.70 bits per heavy atom. The minimum Gasteiger partial charge on any atom is -0.395 e. The first-order chi connectivity index (χ1) is 11.1. The van der Waals surface area contributed by atoms with Crippen LogP contribution in [-0.2, 0) is 0 Å². The van der Waals surface area contributed by atoms with Crippen LogP contribution in [0.15, 0.2) is 48.5 Å². The molecule has 0 bridgehead atoms. The second-order valence-corrected chi connectivity index (χ2v) is 5.66. The number of halogens is 1. The van der Waals surface area contributed by atoms with Crippen LogP contribution < -0.4 is 10.6 Å². The van der Waals surface area contributed by atoms with E-state index in [1.54, 1.807) is 12.1 Å². The molecule has 2 rings (SSSR count). The molecule has 1 amide bonds. The Morgan fingerprint density at radius 1 is 1.22 bits per heavy atom. The molecular formula is C18H21ClN2O2. The predicted octanol–water partition coefficient (Wildman–Crippen LogP) is 3.63. The largest absolute Gasteiger partial charge is 0.395 e. The molecule has 2 aromatic carbocycles. The van der Waals surface area contributed by atoms with E-state index < -0.39 is 0 Å². The van der Waals surface area contributed by atoms with Gasteiger partial charge in [-0.15, -0.1) is 0 Å². The maximum absolute atomic E-state index is 12.0. The molecule has 1 atom stereocenters. The summed E-state index contributed by atoms with van der Waals surface area (Å²) >= 11 is 6.06. The highest BCUT2D eigenvalue weighted by Gasteiger charge is 2.11. The quantitative estimate of drug-likeness (QED) is 0.725. The van der Waals surface area contributed by atoms with Crippen LogP contribution in [0.1, 0.15) is 35.3 Å². The van der Waals surface area contributed by atoms with Crippen molar-refractivity contribution < 1.29 is 9.90 Å². The number of hydrogen-bond acceptors (Lipinski definition) is 3. The molecule has 0 heterocycles. The molecule has 0 saturated heterocycles. The van der Waals surface area contributed by atoms with Gasteiger partial charge in [-0.25, -0.2) is 0 Å². The van der Waals surface area contributed by atoms with Crippen molar-refractivity contribution in [1.29, 1.82) is 0 Å². The zero-order chi connectivity index (χ0) is 16.7. The van der Waals surface area contributed by atoms with Crippen LogP contribution in [0.25, 0.3) is 0 Å². The molecule has 5 heteroatoms. The molecule has 4 nitrogen and oxygen atoms in total. The van der Waals surface area contributed by atoms with Crippen molar-refractivity contribution in [2.45, 2.75) is 19.4 Å². The summed E-state index contributed by atoms with van der Waals surface area (Å²) in [5.41, 5.74) is 2.54. The average molecular weight is 333 g/mol. The molecule has 122 valence electrons. The van der Waals surface area contributed by atoms with Gasteiger partial charge < -0.3 is 15.7 Å². The number of aliphatic hydroxyl groups excluding tert-OH is 1. The van der Waals surface area contributed by atoms with Crippen LogP contribution in [-0.4, -0.2) is 24.2 Å². The number of hydrogen-bond donors (Lipinski definition) is 3. The summed E-state index contributed by atoms with van der Waals surface area (Å²) in [6, 6.07) is 15.2. The predicted molar refractivity (Wildman–Crippen MR) is 94.0 cm³/mol. The van der Waals surface area contributed by atoms with Gasteiger partial charge in [0.1, 0.15) is 0 Å². The van der Waals surface area contributed by atoms with Crippen LogP contribution in [0.3, 0.4) is 0 Å². The lowest BCUT2D eigenvalue weighted by Gasteiger charge is -2.19. The van der Waals surface area contributed by atoms with Gasteiger partial charge in [-0.1, -0.05) is 36.7 Å². The highest BCUT2D eigenvalue weighted by molar-refractivity contribution is 6.30. The number of anilines is 1. The van der Waals surface area contributed by atoms with Gasteiger partial charge in [0, 0.05) is 22.8 Å². The van der Waals surface area contributed by atoms with Crippen molar-refractivity contribution in [1.82, 2.24) is 5.32 Å². The fraction of sp³-hybridized carbons (Fsp3) is 0.278. The summed E-state index contributed by atoms with van der Waals surface area (Å²) in [6.45, 7) is 2.27. The summed E-state index contributed by atoms with van der Waals surface area (Å²) in [5.74, 6) is -0.196. The standard InChI is InChI=1S/C18H21ClN2O2/c1-2-17(13-5-3-7-15(19)11-13)21-16-8-4-6-14(12-16)18(23)20-9-10-22/h3-8,11-12,17,21-22H,2,9-10H2,1H3,(H,20,23). The Labute approximate surface area is 141 Å². The van der Waals surface area contributed by atoms with Gasteiger partial charge in [-0.05, 0) is 42.3 Å². The lowest BCUT2D eigenvalue weighted by molar-refractivity contribution is 0.0945. The molecule has 0 fully saturated rings. The molecule has 0 aliphatic rings. The van der Waals surface area contributed by atoms with Crippen LogP contribution in [0.4, 0.5) is 5.69 Å². The lowest BCUT2D eigenvalue weighted by Crippen LogP contribution is -2.26. The fourth-order valence-electron chi connectivity index (χ4n) is 2.37. The smallest absolute Gasteiger partial charge is 0.251 e. The van der Waals surface area contributed by atoms with E-state index in [1.807, 2.05) is 36.4 Å². The topological polar surface area (TPSA) is 61.4 Å². The van der Waals surface area contributed by atoms with E-state index >= 15 is 0 Å². The molecule has 23 heavy (non-hydrogen) atoms. The first-order valence-electron chi connectivity index (χ1n) is 7.65. The SMILES string of the molecule is CCC(Nc1cccc(C(=O)NCCO)c1)c1cccc(Cl)c1. The highest BCUT2D eigenvalue weighted by atomic mass is 35.5. The van der Waals surface area contributed by atoms with Gasteiger partial charge in [0.05, 0.1) is 12.6 Å². The molecule has 3 N–H and O–H groups in total. The Kier molecular flexibility index (Phi) is 6.44. The third-order valence-electron chi connectivity index (χ3n) is 3.52. The second-order valence-electron chi connectivity index (χ2n) is 5.22. The van der Waals surface area contributed by atoms with Crippen molar-refractivity contribution in [3.63, 3.8) is 0 Å². The molecule has 0 aromatic heterocycles. The first kappa shape index (κ1) is 17.3. The van der Waals surface area contributed by atoms with Gasteiger partial charge in [-0.3, -0.25) is 4.79 Å².